The second kappa shape index (κ2) is 9.61. The maximum Gasteiger partial charge on any atom is 0.230 e. The molecular formula is C27H30N4O2. The minimum atomic E-state index is -0.266. The van der Waals surface area contributed by atoms with E-state index < -0.39 is 0 Å². The second-order valence-electron chi connectivity index (χ2n) is 9.06. The Kier molecular flexibility index (Phi) is 6.24. The van der Waals surface area contributed by atoms with Crippen molar-refractivity contribution in [1.29, 1.82) is 0 Å². The lowest BCUT2D eigenvalue weighted by atomic mass is 9.77. The predicted octanol–water partition coefficient (Wildman–Crippen LogP) is 3.94. The maximum atomic E-state index is 13.5. The van der Waals surface area contributed by atoms with Gasteiger partial charge in [-0.3, -0.25) is 14.3 Å². The molecule has 6 heteroatoms. The molecular weight excluding hydrogens is 412 g/mol. The molecule has 0 radical (unpaired) electrons. The van der Waals surface area contributed by atoms with E-state index in [-0.39, 0.29) is 23.7 Å². The Bertz CT molecular complexity index is 1120. The third kappa shape index (κ3) is 4.56. The summed E-state index contributed by atoms with van der Waals surface area (Å²) in [5, 5.41) is 7.44. The lowest BCUT2D eigenvalue weighted by molar-refractivity contribution is -0.135. The largest absolute Gasteiger partial charge is 0.352 e. The van der Waals surface area contributed by atoms with E-state index in [1.54, 1.807) is 6.20 Å². The van der Waals surface area contributed by atoms with Crippen LogP contribution in [0.3, 0.4) is 0 Å². The van der Waals surface area contributed by atoms with Crippen molar-refractivity contribution in [2.24, 2.45) is 11.8 Å². The first-order chi connectivity index (χ1) is 16.2. The van der Waals surface area contributed by atoms with Crippen LogP contribution in [-0.2, 0) is 29.1 Å². The predicted molar refractivity (Wildman–Crippen MR) is 128 cm³/mol. The summed E-state index contributed by atoms with van der Waals surface area (Å²) in [4.78, 5) is 28.7. The number of anilines is 1. The van der Waals surface area contributed by atoms with Gasteiger partial charge in [-0.25, -0.2) is 0 Å². The van der Waals surface area contributed by atoms with Gasteiger partial charge >= 0.3 is 0 Å². The summed E-state index contributed by atoms with van der Waals surface area (Å²) >= 11 is 0. The minimum absolute atomic E-state index is 0.00516. The first kappa shape index (κ1) is 21.4. The average Bonchev–Trinajstić information content (AvgIpc) is 3.53. The quantitative estimate of drug-likeness (QED) is 0.629. The van der Waals surface area contributed by atoms with Crippen molar-refractivity contribution in [2.75, 3.05) is 11.4 Å². The molecule has 170 valence electrons. The number of para-hydroxylation sites is 1. The lowest BCUT2D eigenvalue weighted by Gasteiger charge is -2.32. The number of fused-ring (bicyclic) bond motifs is 1. The van der Waals surface area contributed by atoms with E-state index in [2.05, 4.69) is 22.5 Å². The highest BCUT2D eigenvalue weighted by atomic mass is 16.2. The normalized spacial score (nSPS) is 19.8. The summed E-state index contributed by atoms with van der Waals surface area (Å²) in [5.41, 5.74) is 4.44. The van der Waals surface area contributed by atoms with E-state index >= 15 is 0 Å². The van der Waals surface area contributed by atoms with Gasteiger partial charge in [-0.15, -0.1) is 0 Å². The average molecular weight is 443 g/mol. The zero-order valence-corrected chi connectivity index (χ0v) is 18.8. The topological polar surface area (TPSA) is 67.2 Å². The van der Waals surface area contributed by atoms with Crippen molar-refractivity contribution in [3.63, 3.8) is 0 Å². The van der Waals surface area contributed by atoms with Crippen LogP contribution in [-0.4, -0.2) is 28.1 Å². The zero-order chi connectivity index (χ0) is 22.6. The Morgan fingerprint density at radius 3 is 2.52 bits per heavy atom. The molecule has 0 unspecified atom stereocenters. The SMILES string of the molecule is O=C(NCc1ccccc1Cn1cccn1)[C@H]1CCCC[C@H]1C(=O)N1CCc2ccccc21. The summed E-state index contributed by atoms with van der Waals surface area (Å²) in [7, 11) is 0. The van der Waals surface area contributed by atoms with Gasteiger partial charge in [0.2, 0.25) is 11.8 Å². The number of hydrogen-bond acceptors (Lipinski definition) is 3. The molecule has 2 heterocycles. The van der Waals surface area contributed by atoms with Crippen LogP contribution in [0, 0.1) is 11.8 Å². The van der Waals surface area contributed by atoms with Gasteiger partial charge in [0, 0.05) is 37.1 Å². The van der Waals surface area contributed by atoms with Gasteiger partial charge < -0.3 is 10.2 Å². The molecule has 1 aliphatic heterocycles. The van der Waals surface area contributed by atoms with Gasteiger partial charge in [0.05, 0.1) is 12.5 Å². The van der Waals surface area contributed by atoms with Gasteiger partial charge in [0.25, 0.3) is 0 Å². The Morgan fingerprint density at radius 2 is 1.70 bits per heavy atom. The molecule has 2 aliphatic rings. The summed E-state index contributed by atoms with van der Waals surface area (Å²) in [5.74, 6) is -0.408. The summed E-state index contributed by atoms with van der Waals surface area (Å²) in [6.07, 6.45) is 8.14. The van der Waals surface area contributed by atoms with Crippen molar-refractivity contribution in [1.82, 2.24) is 15.1 Å². The fourth-order valence-corrected chi connectivity index (χ4v) is 5.27. The molecule has 2 amide bonds. The van der Waals surface area contributed by atoms with Gasteiger partial charge in [-0.1, -0.05) is 55.3 Å². The smallest absolute Gasteiger partial charge is 0.230 e. The molecule has 6 nitrogen and oxygen atoms in total. The molecule has 0 bridgehead atoms. The Balaban J connectivity index is 1.27. The van der Waals surface area contributed by atoms with Crippen LogP contribution >= 0.6 is 0 Å². The standard InChI is InChI=1S/C27H30N4O2/c32-26(28-18-21-9-1-2-10-22(21)19-30-16-7-15-29-30)23-11-4-5-12-24(23)27(33)31-17-14-20-8-3-6-13-25(20)31/h1-3,6-10,13,15-16,23-24H,4-5,11-12,14,17-19H2,(H,28,32)/t23-,24+/m0/s1. The highest BCUT2D eigenvalue weighted by Gasteiger charge is 2.39. The van der Waals surface area contributed by atoms with Crippen LogP contribution in [0.25, 0.3) is 0 Å². The number of amides is 2. The van der Waals surface area contributed by atoms with Gasteiger partial charge in [-0.05, 0) is 48.1 Å². The number of benzene rings is 2. The highest BCUT2D eigenvalue weighted by Crippen LogP contribution is 2.36. The minimum Gasteiger partial charge on any atom is -0.352 e. The van der Waals surface area contributed by atoms with Crippen molar-refractivity contribution in [3.8, 4) is 0 Å². The molecule has 2 atom stereocenters. The lowest BCUT2D eigenvalue weighted by Crippen LogP contribution is -2.45. The van der Waals surface area contributed by atoms with Gasteiger partial charge in [0.15, 0.2) is 0 Å². The first-order valence-corrected chi connectivity index (χ1v) is 11.9. The van der Waals surface area contributed by atoms with Crippen LogP contribution in [0.4, 0.5) is 5.69 Å². The van der Waals surface area contributed by atoms with Crippen LogP contribution in [0.5, 0.6) is 0 Å². The summed E-state index contributed by atoms with van der Waals surface area (Å²) < 4.78 is 1.88. The van der Waals surface area contributed by atoms with Crippen LogP contribution < -0.4 is 10.2 Å². The van der Waals surface area contributed by atoms with Crippen LogP contribution in [0.1, 0.15) is 42.4 Å². The van der Waals surface area contributed by atoms with E-state index in [1.807, 2.05) is 58.2 Å². The van der Waals surface area contributed by atoms with E-state index in [0.717, 1.165) is 48.9 Å². The number of nitrogens with zero attached hydrogens (tertiary/aromatic N) is 3. The van der Waals surface area contributed by atoms with Crippen LogP contribution in [0.15, 0.2) is 67.0 Å². The van der Waals surface area contributed by atoms with Crippen molar-refractivity contribution < 1.29 is 9.59 Å². The zero-order valence-electron chi connectivity index (χ0n) is 18.8. The highest BCUT2D eigenvalue weighted by molar-refractivity contribution is 5.99. The number of aromatic nitrogens is 2. The molecule has 5 rings (SSSR count). The molecule has 1 fully saturated rings. The second-order valence-corrected chi connectivity index (χ2v) is 9.06. The number of carbonyl (C=O) groups is 2. The molecule has 0 spiro atoms. The number of rotatable bonds is 6. The molecule has 3 aromatic rings. The first-order valence-electron chi connectivity index (χ1n) is 11.9. The fourth-order valence-electron chi connectivity index (χ4n) is 5.27. The Morgan fingerprint density at radius 1 is 0.939 bits per heavy atom. The van der Waals surface area contributed by atoms with Crippen LogP contribution in [0.2, 0.25) is 0 Å². The monoisotopic (exact) mass is 442 g/mol. The molecule has 1 aromatic heterocycles. The van der Waals surface area contributed by atoms with E-state index in [0.29, 0.717) is 19.6 Å². The Hall–Kier alpha value is -3.41. The molecule has 1 aliphatic carbocycles. The number of hydrogen-bond donors (Lipinski definition) is 1. The summed E-state index contributed by atoms with van der Waals surface area (Å²) in [6.45, 7) is 1.84. The van der Waals surface area contributed by atoms with Crippen molar-refractivity contribution >= 4 is 17.5 Å². The Labute approximate surface area is 194 Å². The number of nitrogens with one attached hydrogen (secondary N) is 1. The van der Waals surface area contributed by atoms with E-state index in [1.165, 1.54) is 5.56 Å². The molecule has 33 heavy (non-hydrogen) atoms. The molecule has 1 saturated carbocycles. The summed E-state index contributed by atoms with van der Waals surface area (Å²) in [6, 6.07) is 18.1. The van der Waals surface area contributed by atoms with Crippen molar-refractivity contribution in [3.05, 3.63) is 83.7 Å². The molecule has 1 N–H and O–H groups in total. The van der Waals surface area contributed by atoms with Crippen molar-refractivity contribution in [2.45, 2.75) is 45.2 Å². The maximum absolute atomic E-state index is 13.5. The van der Waals surface area contributed by atoms with Gasteiger partial charge in [0.1, 0.15) is 0 Å². The molecule has 2 aromatic carbocycles. The van der Waals surface area contributed by atoms with E-state index in [9.17, 15) is 9.59 Å². The van der Waals surface area contributed by atoms with Gasteiger partial charge in [-0.2, -0.15) is 5.10 Å². The third-order valence-corrected chi connectivity index (χ3v) is 7.04. The fraction of sp³-hybridized carbons (Fsp3) is 0.370. The van der Waals surface area contributed by atoms with E-state index in [4.69, 9.17) is 0 Å². The third-order valence-electron chi connectivity index (χ3n) is 7.04. The molecule has 0 saturated heterocycles. The number of carbonyl (C=O) groups excluding carboxylic acids is 2.